The maximum Gasteiger partial charge on any atom is 0.190 e. The lowest BCUT2D eigenvalue weighted by molar-refractivity contribution is 0.357. The van der Waals surface area contributed by atoms with Crippen LogP contribution in [0.2, 0.25) is 0 Å². The molecule has 0 saturated heterocycles. The predicted molar refractivity (Wildman–Crippen MR) is 116 cm³/mol. The van der Waals surface area contributed by atoms with Gasteiger partial charge in [-0.1, -0.05) is 30.3 Å². The smallest absolute Gasteiger partial charge is 0.190 e. The van der Waals surface area contributed by atoms with Crippen molar-refractivity contribution in [1.29, 1.82) is 0 Å². The van der Waals surface area contributed by atoms with Crippen molar-refractivity contribution in [2.75, 3.05) is 26.7 Å². The fourth-order valence-electron chi connectivity index (χ4n) is 3.48. The zero-order chi connectivity index (χ0) is 19.9. The van der Waals surface area contributed by atoms with E-state index in [1.54, 1.807) is 7.05 Å². The van der Waals surface area contributed by atoms with Crippen LogP contribution in [0.5, 0.6) is 5.75 Å². The summed E-state index contributed by atoms with van der Waals surface area (Å²) in [6.45, 7) is 2.44. The lowest BCUT2D eigenvalue weighted by Gasteiger charge is -2.12. The molecule has 0 amide bonds. The Balaban J connectivity index is 1.20. The van der Waals surface area contributed by atoms with Crippen LogP contribution in [0.1, 0.15) is 16.7 Å². The Morgan fingerprint density at radius 2 is 1.86 bits per heavy atom. The molecule has 2 heterocycles. The summed E-state index contributed by atoms with van der Waals surface area (Å²) in [6.07, 6.45) is 6.85. The average molecular weight is 390 g/mol. The number of nitrogens with zero attached hydrogens (tertiary/aromatic N) is 3. The maximum absolute atomic E-state index is 5.57. The Kier molecular flexibility index (Phi) is 6.10. The minimum atomic E-state index is 0.802. The van der Waals surface area contributed by atoms with Crippen molar-refractivity contribution < 1.29 is 4.74 Å². The van der Waals surface area contributed by atoms with E-state index in [4.69, 9.17) is 4.74 Å². The second-order valence-electron chi connectivity index (χ2n) is 7.10. The van der Waals surface area contributed by atoms with Crippen LogP contribution in [-0.4, -0.2) is 42.5 Å². The van der Waals surface area contributed by atoms with Crippen LogP contribution < -0.4 is 15.4 Å². The summed E-state index contributed by atoms with van der Waals surface area (Å²) in [5, 5.41) is 11.2. The molecule has 150 valence electrons. The zero-order valence-corrected chi connectivity index (χ0v) is 16.8. The number of aromatic nitrogens is 2. The standard InChI is InChI=1S/C23H27N5O/c1-24-23(25-12-9-18-7-8-22-20(15-18)11-14-29-22)26-13-10-19-16-27-28(17-19)21-5-3-2-4-6-21/h2-8,15-17H,9-14H2,1H3,(H2,24,25,26). The number of hydrogen-bond acceptors (Lipinski definition) is 3. The van der Waals surface area contributed by atoms with Crippen LogP contribution in [0.25, 0.3) is 5.69 Å². The predicted octanol–water partition coefficient (Wildman–Crippen LogP) is 2.76. The summed E-state index contributed by atoms with van der Waals surface area (Å²) in [4.78, 5) is 4.31. The summed E-state index contributed by atoms with van der Waals surface area (Å²) in [5.74, 6) is 1.86. The van der Waals surface area contributed by atoms with E-state index in [9.17, 15) is 0 Å². The Hall–Kier alpha value is -3.28. The van der Waals surface area contributed by atoms with Crippen LogP contribution in [0.3, 0.4) is 0 Å². The van der Waals surface area contributed by atoms with Gasteiger partial charge in [0.2, 0.25) is 0 Å². The van der Waals surface area contributed by atoms with Gasteiger partial charge in [0.1, 0.15) is 5.75 Å². The number of para-hydroxylation sites is 1. The van der Waals surface area contributed by atoms with Crippen LogP contribution in [0.15, 0.2) is 65.9 Å². The largest absolute Gasteiger partial charge is 0.493 e. The Labute approximate surface area is 171 Å². The van der Waals surface area contributed by atoms with Gasteiger partial charge in [0.05, 0.1) is 18.5 Å². The van der Waals surface area contributed by atoms with E-state index in [0.29, 0.717) is 0 Å². The number of guanidine groups is 1. The topological polar surface area (TPSA) is 63.5 Å². The SMILES string of the molecule is CN=C(NCCc1ccc2c(c1)CCO2)NCCc1cnn(-c2ccccc2)c1. The minimum Gasteiger partial charge on any atom is -0.493 e. The van der Waals surface area contributed by atoms with Gasteiger partial charge in [-0.3, -0.25) is 4.99 Å². The van der Waals surface area contributed by atoms with Crippen LogP contribution in [-0.2, 0) is 19.3 Å². The van der Waals surface area contributed by atoms with E-state index in [1.165, 1.54) is 16.7 Å². The molecule has 0 aliphatic carbocycles. The van der Waals surface area contributed by atoms with Gasteiger partial charge in [-0.2, -0.15) is 5.10 Å². The van der Waals surface area contributed by atoms with Gasteiger partial charge >= 0.3 is 0 Å². The molecule has 1 aromatic heterocycles. The van der Waals surface area contributed by atoms with Gasteiger partial charge in [0.15, 0.2) is 5.96 Å². The average Bonchev–Trinajstić information content (AvgIpc) is 3.42. The lowest BCUT2D eigenvalue weighted by Crippen LogP contribution is -2.39. The molecule has 0 fully saturated rings. The van der Waals surface area contributed by atoms with Crippen molar-refractivity contribution in [1.82, 2.24) is 20.4 Å². The molecule has 2 aromatic carbocycles. The number of rotatable bonds is 7. The second kappa shape index (κ2) is 9.28. The molecule has 0 atom stereocenters. The Morgan fingerprint density at radius 1 is 1.07 bits per heavy atom. The fourth-order valence-corrected chi connectivity index (χ4v) is 3.48. The molecule has 29 heavy (non-hydrogen) atoms. The molecule has 0 spiro atoms. The molecule has 6 nitrogen and oxygen atoms in total. The van der Waals surface area contributed by atoms with Crippen molar-refractivity contribution in [2.24, 2.45) is 4.99 Å². The summed E-state index contributed by atoms with van der Waals surface area (Å²) < 4.78 is 7.48. The third-order valence-electron chi connectivity index (χ3n) is 5.05. The summed E-state index contributed by atoms with van der Waals surface area (Å²) >= 11 is 0. The van der Waals surface area contributed by atoms with Gasteiger partial charge in [0.25, 0.3) is 0 Å². The van der Waals surface area contributed by atoms with E-state index in [2.05, 4.69) is 57.3 Å². The Bertz CT molecular complexity index is 964. The number of fused-ring (bicyclic) bond motifs is 1. The number of ether oxygens (including phenoxy) is 1. The van der Waals surface area contributed by atoms with Crippen molar-refractivity contribution >= 4 is 5.96 Å². The van der Waals surface area contributed by atoms with Crippen molar-refractivity contribution in [2.45, 2.75) is 19.3 Å². The van der Waals surface area contributed by atoms with Gasteiger partial charge in [0, 0.05) is 32.8 Å². The number of hydrogen-bond donors (Lipinski definition) is 2. The van der Waals surface area contributed by atoms with Crippen molar-refractivity contribution in [3.63, 3.8) is 0 Å². The first-order chi connectivity index (χ1) is 14.3. The number of aliphatic imine (C=N–C) groups is 1. The molecule has 0 bridgehead atoms. The summed E-state index contributed by atoms with van der Waals surface area (Å²) in [7, 11) is 1.80. The molecule has 3 aromatic rings. The highest BCUT2D eigenvalue weighted by atomic mass is 16.5. The molecule has 6 heteroatoms. The summed E-state index contributed by atoms with van der Waals surface area (Å²) in [5.41, 5.74) is 4.91. The van der Waals surface area contributed by atoms with Gasteiger partial charge < -0.3 is 15.4 Å². The van der Waals surface area contributed by atoms with E-state index < -0.39 is 0 Å². The third kappa shape index (κ3) is 4.96. The highest BCUT2D eigenvalue weighted by molar-refractivity contribution is 5.79. The zero-order valence-electron chi connectivity index (χ0n) is 16.8. The third-order valence-corrected chi connectivity index (χ3v) is 5.05. The fraction of sp³-hybridized carbons (Fsp3) is 0.304. The maximum atomic E-state index is 5.57. The molecule has 1 aliphatic rings. The van der Waals surface area contributed by atoms with E-state index in [0.717, 1.165) is 56.4 Å². The molecular weight excluding hydrogens is 362 g/mol. The number of benzene rings is 2. The normalized spacial score (nSPS) is 13.1. The van der Waals surface area contributed by atoms with E-state index in [1.807, 2.05) is 29.1 Å². The monoisotopic (exact) mass is 389 g/mol. The first kappa shape index (κ1) is 19.1. The molecule has 1 aliphatic heterocycles. The van der Waals surface area contributed by atoms with Crippen molar-refractivity contribution in [3.05, 3.63) is 77.6 Å². The van der Waals surface area contributed by atoms with E-state index in [-0.39, 0.29) is 0 Å². The number of nitrogens with one attached hydrogen (secondary N) is 2. The van der Waals surface area contributed by atoms with Crippen molar-refractivity contribution in [3.8, 4) is 11.4 Å². The van der Waals surface area contributed by atoms with Crippen LogP contribution >= 0.6 is 0 Å². The minimum absolute atomic E-state index is 0.802. The second-order valence-corrected chi connectivity index (χ2v) is 7.10. The van der Waals surface area contributed by atoms with Gasteiger partial charge in [-0.15, -0.1) is 0 Å². The Morgan fingerprint density at radius 3 is 2.66 bits per heavy atom. The first-order valence-corrected chi connectivity index (χ1v) is 10.1. The summed E-state index contributed by atoms with van der Waals surface area (Å²) in [6, 6.07) is 16.6. The first-order valence-electron chi connectivity index (χ1n) is 10.1. The van der Waals surface area contributed by atoms with Gasteiger partial charge in [-0.25, -0.2) is 4.68 Å². The molecule has 0 radical (unpaired) electrons. The quantitative estimate of drug-likeness (QED) is 0.482. The molecule has 0 unspecified atom stereocenters. The van der Waals surface area contributed by atoms with Crippen LogP contribution in [0, 0.1) is 0 Å². The lowest BCUT2D eigenvalue weighted by atomic mass is 10.1. The molecular formula is C23H27N5O. The van der Waals surface area contributed by atoms with E-state index >= 15 is 0 Å². The van der Waals surface area contributed by atoms with Crippen LogP contribution in [0.4, 0.5) is 0 Å². The molecule has 0 saturated carbocycles. The highest BCUT2D eigenvalue weighted by Crippen LogP contribution is 2.25. The highest BCUT2D eigenvalue weighted by Gasteiger charge is 2.11. The molecule has 4 rings (SSSR count). The molecule has 2 N–H and O–H groups in total. The van der Waals surface area contributed by atoms with Gasteiger partial charge in [-0.05, 0) is 47.7 Å².